The fourth-order valence-corrected chi connectivity index (χ4v) is 1.93. The van der Waals surface area contributed by atoms with Crippen molar-refractivity contribution in [3.05, 3.63) is 22.8 Å². The number of hydrogen-bond acceptors (Lipinski definition) is 4. The lowest BCUT2D eigenvalue weighted by Crippen LogP contribution is -2.26. The van der Waals surface area contributed by atoms with Crippen molar-refractivity contribution in [2.24, 2.45) is 5.92 Å². The summed E-state index contributed by atoms with van der Waals surface area (Å²) in [6.45, 7) is 2.09. The number of ether oxygens (including phenoxy) is 1. The summed E-state index contributed by atoms with van der Waals surface area (Å²) in [6, 6.07) is 3.39. The first-order chi connectivity index (χ1) is 9.70. The molecule has 0 aliphatic heterocycles. The van der Waals surface area contributed by atoms with Gasteiger partial charge in [-0.3, -0.25) is 4.79 Å². The molecule has 1 aromatic heterocycles. The van der Waals surface area contributed by atoms with Gasteiger partial charge in [0.05, 0.1) is 5.02 Å². The quantitative estimate of drug-likeness (QED) is 0.723. The van der Waals surface area contributed by atoms with Crippen molar-refractivity contribution in [1.82, 2.24) is 10.3 Å². The van der Waals surface area contributed by atoms with Crippen molar-refractivity contribution in [2.75, 3.05) is 32.1 Å². The SMILES string of the molecule is CNc1ccc(Cl)c(C(=O)NCCCOCC2CC2)n1. The van der Waals surface area contributed by atoms with Gasteiger partial charge in [0.1, 0.15) is 11.5 Å². The summed E-state index contributed by atoms with van der Waals surface area (Å²) >= 11 is 5.98. The van der Waals surface area contributed by atoms with Crippen molar-refractivity contribution in [1.29, 1.82) is 0 Å². The number of pyridine rings is 1. The molecule has 0 saturated heterocycles. The van der Waals surface area contributed by atoms with Crippen LogP contribution < -0.4 is 10.6 Å². The van der Waals surface area contributed by atoms with Gasteiger partial charge >= 0.3 is 0 Å². The predicted octanol–water partition coefficient (Wildman–Crippen LogP) is 2.32. The maximum Gasteiger partial charge on any atom is 0.271 e. The minimum absolute atomic E-state index is 0.248. The Morgan fingerprint density at radius 1 is 1.50 bits per heavy atom. The first-order valence-electron chi connectivity index (χ1n) is 6.91. The largest absolute Gasteiger partial charge is 0.381 e. The molecule has 5 nitrogen and oxygen atoms in total. The Morgan fingerprint density at radius 3 is 3.00 bits per heavy atom. The van der Waals surface area contributed by atoms with E-state index in [0.717, 1.165) is 18.9 Å². The highest BCUT2D eigenvalue weighted by molar-refractivity contribution is 6.33. The Balaban J connectivity index is 1.70. The molecule has 0 radical (unpaired) electrons. The summed E-state index contributed by atoms with van der Waals surface area (Å²) in [5.74, 6) is 1.14. The van der Waals surface area contributed by atoms with Crippen LogP contribution in [-0.4, -0.2) is 37.7 Å². The molecule has 1 amide bonds. The molecule has 0 aromatic carbocycles. The first kappa shape index (κ1) is 15.1. The van der Waals surface area contributed by atoms with Crippen LogP contribution in [0.15, 0.2) is 12.1 Å². The van der Waals surface area contributed by atoms with E-state index in [2.05, 4.69) is 15.6 Å². The molecule has 0 unspecified atom stereocenters. The van der Waals surface area contributed by atoms with Crippen LogP contribution in [0.4, 0.5) is 5.82 Å². The van der Waals surface area contributed by atoms with Crippen molar-refractivity contribution in [3.8, 4) is 0 Å². The van der Waals surface area contributed by atoms with Gasteiger partial charge in [-0.25, -0.2) is 4.98 Å². The van der Waals surface area contributed by atoms with Crippen LogP contribution in [0.25, 0.3) is 0 Å². The third-order valence-corrected chi connectivity index (χ3v) is 3.42. The third-order valence-electron chi connectivity index (χ3n) is 3.12. The van der Waals surface area contributed by atoms with Crippen molar-refractivity contribution >= 4 is 23.3 Å². The smallest absolute Gasteiger partial charge is 0.271 e. The second-order valence-electron chi connectivity index (χ2n) is 4.90. The monoisotopic (exact) mass is 297 g/mol. The first-order valence-corrected chi connectivity index (χ1v) is 7.28. The maximum atomic E-state index is 12.0. The molecule has 0 atom stereocenters. The highest BCUT2D eigenvalue weighted by Crippen LogP contribution is 2.28. The van der Waals surface area contributed by atoms with Gasteiger partial charge in [-0.1, -0.05) is 11.6 Å². The molecule has 110 valence electrons. The van der Waals surface area contributed by atoms with E-state index in [9.17, 15) is 4.79 Å². The molecular weight excluding hydrogens is 278 g/mol. The predicted molar refractivity (Wildman–Crippen MR) is 79.3 cm³/mol. The van der Waals surface area contributed by atoms with Crippen LogP contribution in [-0.2, 0) is 4.74 Å². The lowest BCUT2D eigenvalue weighted by Gasteiger charge is -2.08. The highest BCUT2D eigenvalue weighted by Gasteiger charge is 2.20. The molecule has 0 spiro atoms. The van der Waals surface area contributed by atoms with E-state index in [1.807, 2.05) is 0 Å². The standard InChI is InChI=1S/C14H20ClN3O2/c1-16-12-6-5-11(15)13(18-12)14(19)17-7-2-8-20-9-10-3-4-10/h5-6,10H,2-4,7-9H2,1H3,(H,16,18)(H,17,19). The van der Waals surface area contributed by atoms with Gasteiger partial charge in [0, 0.05) is 26.8 Å². The number of nitrogens with one attached hydrogen (secondary N) is 2. The molecule has 20 heavy (non-hydrogen) atoms. The number of anilines is 1. The zero-order chi connectivity index (χ0) is 14.4. The van der Waals surface area contributed by atoms with Crippen molar-refractivity contribution in [3.63, 3.8) is 0 Å². The van der Waals surface area contributed by atoms with Gasteiger partial charge in [-0.05, 0) is 37.3 Å². The third kappa shape index (κ3) is 4.65. The molecule has 1 fully saturated rings. The van der Waals surface area contributed by atoms with Crippen LogP contribution in [0, 0.1) is 5.92 Å². The van der Waals surface area contributed by atoms with E-state index in [1.54, 1.807) is 19.2 Å². The molecule has 1 aromatic rings. The second kappa shape index (κ2) is 7.45. The van der Waals surface area contributed by atoms with E-state index in [4.69, 9.17) is 16.3 Å². The minimum Gasteiger partial charge on any atom is -0.381 e. The summed E-state index contributed by atoms with van der Waals surface area (Å²) in [4.78, 5) is 16.1. The van der Waals surface area contributed by atoms with Gasteiger partial charge in [0.15, 0.2) is 0 Å². The van der Waals surface area contributed by atoms with E-state index < -0.39 is 0 Å². The lowest BCUT2D eigenvalue weighted by molar-refractivity contribution is 0.0933. The fraction of sp³-hybridized carbons (Fsp3) is 0.571. The molecule has 1 saturated carbocycles. The molecule has 6 heteroatoms. The Bertz CT molecular complexity index is 464. The Labute approximate surface area is 124 Å². The second-order valence-corrected chi connectivity index (χ2v) is 5.31. The van der Waals surface area contributed by atoms with E-state index in [0.29, 0.717) is 24.0 Å². The average Bonchev–Trinajstić information content (AvgIpc) is 3.27. The minimum atomic E-state index is -0.255. The van der Waals surface area contributed by atoms with Gasteiger partial charge < -0.3 is 15.4 Å². The summed E-state index contributed by atoms with van der Waals surface area (Å²) in [6.07, 6.45) is 3.38. The normalized spacial score (nSPS) is 14.1. The number of hydrogen-bond donors (Lipinski definition) is 2. The van der Waals surface area contributed by atoms with Crippen LogP contribution in [0.2, 0.25) is 5.02 Å². The Morgan fingerprint density at radius 2 is 2.30 bits per heavy atom. The fourth-order valence-electron chi connectivity index (χ4n) is 1.74. The zero-order valence-corrected chi connectivity index (χ0v) is 12.4. The maximum absolute atomic E-state index is 12.0. The van der Waals surface area contributed by atoms with Crippen molar-refractivity contribution < 1.29 is 9.53 Å². The van der Waals surface area contributed by atoms with Crippen LogP contribution in [0.3, 0.4) is 0 Å². The number of rotatable bonds is 8. The van der Waals surface area contributed by atoms with Crippen LogP contribution in [0.5, 0.6) is 0 Å². The van der Waals surface area contributed by atoms with E-state index >= 15 is 0 Å². The van der Waals surface area contributed by atoms with E-state index in [-0.39, 0.29) is 11.6 Å². The average molecular weight is 298 g/mol. The van der Waals surface area contributed by atoms with Crippen molar-refractivity contribution in [2.45, 2.75) is 19.3 Å². The molecule has 1 heterocycles. The summed E-state index contributed by atoms with van der Waals surface area (Å²) in [7, 11) is 1.75. The number of amides is 1. The van der Waals surface area contributed by atoms with Gasteiger partial charge in [-0.15, -0.1) is 0 Å². The van der Waals surface area contributed by atoms with Gasteiger partial charge in [0.2, 0.25) is 0 Å². The Kier molecular flexibility index (Phi) is 5.61. The Hall–Kier alpha value is -1.33. The molecule has 1 aliphatic carbocycles. The zero-order valence-electron chi connectivity index (χ0n) is 11.6. The highest BCUT2D eigenvalue weighted by atomic mass is 35.5. The molecule has 0 bridgehead atoms. The summed E-state index contributed by atoms with van der Waals surface area (Å²) in [5.41, 5.74) is 0.248. The number of nitrogens with zero attached hydrogens (tertiary/aromatic N) is 1. The summed E-state index contributed by atoms with van der Waals surface area (Å²) < 4.78 is 5.50. The topological polar surface area (TPSA) is 63.2 Å². The van der Waals surface area contributed by atoms with Gasteiger partial charge in [-0.2, -0.15) is 0 Å². The molecule has 2 N–H and O–H groups in total. The molecular formula is C14H20ClN3O2. The molecule has 2 rings (SSSR count). The van der Waals surface area contributed by atoms with Gasteiger partial charge in [0.25, 0.3) is 5.91 Å². The lowest BCUT2D eigenvalue weighted by atomic mass is 10.3. The molecule has 1 aliphatic rings. The summed E-state index contributed by atoms with van der Waals surface area (Å²) in [5, 5.41) is 6.03. The number of halogens is 1. The number of aromatic nitrogens is 1. The van der Waals surface area contributed by atoms with Crippen LogP contribution in [0.1, 0.15) is 29.8 Å². The van der Waals surface area contributed by atoms with E-state index in [1.165, 1.54) is 12.8 Å². The number of carbonyl (C=O) groups is 1. The number of carbonyl (C=O) groups excluding carboxylic acids is 1. The van der Waals surface area contributed by atoms with Crippen LogP contribution >= 0.6 is 11.6 Å².